The fourth-order valence-electron chi connectivity index (χ4n) is 2.64. The van der Waals surface area contributed by atoms with Crippen LogP contribution in [-0.4, -0.2) is 24.9 Å². The van der Waals surface area contributed by atoms with E-state index in [-0.39, 0.29) is 12.6 Å². The molecule has 0 saturated heterocycles. The number of hydrogen-bond donors (Lipinski definition) is 2. The van der Waals surface area contributed by atoms with Crippen LogP contribution in [0.5, 0.6) is 5.75 Å². The summed E-state index contributed by atoms with van der Waals surface area (Å²) in [6.45, 7) is 0.183. The van der Waals surface area contributed by atoms with Crippen molar-refractivity contribution in [1.82, 2.24) is 0 Å². The number of benzene rings is 1. The average Bonchev–Trinajstić information content (AvgIpc) is 2.90. The van der Waals surface area contributed by atoms with Crippen LogP contribution in [0.25, 0.3) is 0 Å². The maximum Gasteiger partial charge on any atom is 0.141 e. The van der Waals surface area contributed by atoms with Gasteiger partial charge in [-0.25, -0.2) is 0 Å². The van der Waals surface area contributed by atoms with Crippen LogP contribution in [0.4, 0.5) is 5.69 Å². The minimum Gasteiger partial charge on any atom is -0.495 e. The van der Waals surface area contributed by atoms with Gasteiger partial charge in [0.25, 0.3) is 0 Å². The summed E-state index contributed by atoms with van der Waals surface area (Å²) in [4.78, 5) is 0. The van der Waals surface area contributed by atoms with Gasteiger partial charge in [-0.3, -0.25) is 0 Å². The van der Waals surface area contributed by atoms with Crippen molar-refractivity contribution in [2.45, 2.75) is 31.7 Å². The Hall–Kier alpha value is -1.22. The number of aliphatic hydroxyl groups excluding tert-OH is 1. The first-order valence-corrected chi connectivity index (χ1v) is 6.35. The summed E-state index contributed by atoms with van der Waals surface area (Å²) in [5.41, 5.74) is 0.973. The quantitative estimate of drug-likeness (QED) is 0.824. The first-order chi connectivity index (χ1) is 8.35. The Bertz CT molecular complexity index is 348. The van der Waals surface area contributed by atoms with Crippen LogP contribution < -0.4 is 10.1 Å². The molecule has 1 saturated carbocycles. The smallest absolute Gasteiger partial charge is 0.141 e. The molecule has 1 aliphatic rings. The molecule has 3 heteroatoms. The third-order valence-corrected chi connectivity index (χ3v) is 3.61. The fourth-order valence-corrected chi connectivity index (χ4v) is 2.64. The molecule has 1 fully saturated rings. The van der Waals surface area contributed by atoms with Crippen molar-refractivity contribution in [3.63, 3.8) is 0 Å². The van der Waals surface area contributed by atoms with Gasteiger partial charge in [0, 0.05) is 0 Å². The van der Waals surface area contributed by atoms with Crippen LogP contribution in [-0.2, 0) is 0 Å². The molecule has 2 rings (SSSR count). The highest BCUT2D eigenvalue weighted by Gasteiger charge is 2.24. The second kappa shape index (κ2) is 5.92. The standard InChI is InChI=1S/C14H21NO2/c1-17-14-9-5-4-8-12(14)15-13(10-16)11-6-2-3-7-11/h4-5,8-9,11,13,15-16H,2-3,6-7,10H2,1H3. The van der Waals surface area contributed by atoms with Crippen molar-refractivity contribution >= 4 is 5.69 Å². The lowest BCUT2D eigenvalue weighted by molar-refractivity contribution is 0.238. The summed E-state index contributed by atoms with van der Waals surface area (Å²) < 4.78 is 5.31. The van der Waals surface area contributed by atoms with E-state index in [0.29, 0.717) is 5.92 Å². The number of ether oxygens (including phenoxy) is 1. The second-order valence-corrected chi connectivity index (χ2v) is 4.68. The van der Waals surface area contributed by atoms with E-state index >= 15 is 0 Å². The molecule has 94 valence electrons. The van der Waals surface area contributed by atoms with Crippen LogP contribution in [0.15, 0.2) is 24.3 Å². The molecule has 17 heavy (non-hydrogen) atoms. The van der Waals surface area contributed by atoms with Crippen molar-refractivity contribution < 1.29 is 9.84 Å². The van der Waals surface area contributed by atoms with E-state index in [2.05, 4.69) is 5.32 Å². The Morgan fingerprint density at radius 2 is 2.06 bits per heavy atom. The normalized spacial score (nSPS) is 18.0. The van der Waals surface area contributed by atoms with Crippen LogP contribution in [0.1, 0.15) is 25.7 Å². The van der Waals surface area contributed by atoms with E-state index in [0.717, 1.165) is 11.4 Å². The maximum absolute atomic E-state index is 9.51. The van der Waals surface area contributed by atoms with Crippen molar-refractivity contribution in [3.05, 3.63) is 24.3 Å². The van der Waals surface area contributed by atoms with Crippen molar-refractivity contribution in [3.8, 4) is 5.75 Å². The van der Waals surface area contributed by atoms with Crippen LogP contribution >= 0.6 is 0 Å². The molecule has 1 aromatic rings. The van der Waals surface area contributed by atoms with Crippen LogP contribution in [0.3, 0.4) is 0 Å². The number of hydrogen-bond acceptors (Lipinski definition) is 3. The lowest BCUT2D eigenvalue weighted by Crippen LogP contribution is -2.31. The summed E-state index contributed by atoms with van der Waals surface area (Å²) in [5.74, 6) is 1.42. The zero-order chi connectivity index (χ0) is 12.1. The topological polar surface area (TPSA) is 41.5 Å². The minimum absolute atomic E-state index is 0.147. The first-order valence-electron chi connectivity index (χ1n) is 6.35. The third kappa shape index (κ3) is 2.91. The Morgan fingerprint density at radius 3 is 2.71 bits per heavy atom. The van der Waals surface area contributed by atoms with E-state index in [1.54, 1.807) is 7.11 Å². The number of rotatable bonds is 5. The number of nitrogens with one attached hydrogen (secondary N) is 1. The number of methoxy groups -OCH3 is 1. The van der Waals surface area contributed by atoms with Crippen molar-refractivity contribution in [1.29, 1.82) is 0 Å². The fraction of sp³-hybridized carbons (Fsp3) is 0.571. The summed E-state index contributed by atoms with van der Waals surface area (Å²) in [6, 6.07) is 8.01. The van der Waals surface area contributed by atoms with Crippen molar-refractivity contribution in [2.75, 3.05) is 19.0 Å². The van der Waals surface area contributed by atoms with Crippen LogP contribution in [0.2, 0.25) is 0 Å². The summed E-state index contributed by atoms with van der Waals surface area (Å²) in [7, 11) is 1.67. The number of para-hydroxylation sites is 2. The lowest BCUT2D eigenvalue weighted by atomic mass is 9.98. The Balaban J connectivity index is 2.06. The molecule has 0 amide bonds. The van der Waals surface area contributed by atoms with Crippen LogP contribution in [0, 0.1) is 5.92 Å². The number of anilines is 1. The van der Waals surface area contributed by atoms with E-state index in [4.69, 9.17) is 4.74 Å². The van der Waals surface area contributed by atoms with Gasteiger partial charge in [-0.05, 0) is 30.9 Å². The zero-order valence-corrected chi connectivity index (χ0v) is 10.4. The van der Waals surface area contributed by atoms with E-state index in [1.807, 2.05) is 24.3 Å². The van der Waals surface area contributed by atoms with Gasteiger partial charge in [0.15, 0.2) is 0 Å². The summed E-state index contributed by atoms with van der Waals surface area (Å²) >= 11 is 0. The molecular weight excluding hydrogens is 214 g/mol. The highest BCUT2D eigenvalue weighted by atomic mass is 16.5. The molecule has 1 unspecified atom stereocenters. The molecule has 1 atom stereocenters. The monoisotopic (exact) mass is 235 g/mol. The predicted molar refractivity (Wildman–Crippen MR) is 69.4 cm³/mol. The zero-order valence-electron chi connectivity index (χ0n) is 10.4. The summed E-state index contributed by atoms with van der Waals surface area (Å²) in [5, 5.41) is 12.9. The van der Waals surface area contributed by atoms with E-state index in [1.165, 1.54) is 25.7 Å². The SMILES string of the molecule is COc1ccccc1NC(CO)C1CCCC1. The van der Waals surface area contributed by atoms with Gasteiger partial charge in [0.1, 0.15) is 5.75 Å². The second-order valence-electron chi connectivity index (χ2n) is 4.68. The van der Waals surface area contributed by atoms with Gasteiger partial charge < -0.3 is 15.2 Å². The lowest BCUT2D eigenvalue weighted by Gasteiger charge is -2.24. The van der Waals surface area contributed by atoms with Gasteiger partial charge >= 0.3 is 0 Å². The molecule has 0 bridgehead atoms. The van der Waals surface area contributed by atoms with Crippen molar-refractivity contribution in [2.24, 2.45) is 5.92 Å². The third-order valence-electron chi connectivity index (χ3n) is 3.61. The van der Waals surface area contributed by atoms with E-state index < -0.39 is 0 Å². The molecule has 0 heterocycles. The van der Waals surface area contributed by atoms with Gasteiger partial charge in [0.05, 0.1) is 25.4 Å². The Labute approximate surface area is 103 Å². The first kappa shape index (κ1) is 12.2. The molecule has 0 aliphatic heterocycles. The number of aliphatic hydroxyl groups is 1. The van der Waals surface area contributed by atoms with Gasteiger partial charge in [-0.2, -0.15) is 0 Å². The molecule has 3 nitrogen and oxygen atoms in total. The average molecular weight is 235 g/mol. The molecule has 2 N–H and O–H groups in total. The Morgan fingerprint density at radius 1 is 1.35 bits per heavy atom. The van der Waals surface area contributed by atoms with Gasteiger partial charge in [-0.15, -0.1) is 0 Å². The predicted octanol–water partition coefficient (Wildman–Crippen LogP) is 2.66. The summed E-state index contributed by atoms with van der Waals surface area (Å²) in [6.07, 6.45) is 5.00. The van der Waals surface area contributed by atoms with Gasteiger partial charge in [0.2, 0.25) is 0 Å². The van der Waals surface area contributed by atoms with E-state index in [9.17, 15) is 5.11 Å². The largest absolute Gasteiger partial charge is 0.495 e. The molecule has 1 aromatic carbocycles. The molecular formula is C14H21NO2. The highest BCUT2D eigenvalue weighted by Crippen LogP contribution is 2.31. The minimum atomic E-state index is 0.147. The highest BCUT2D eigenvalue weighted by molar-refractivity contribution is 5.56. The molecule has 0 aromatic heterocycles. The van der Waals surface area contributed by atoms with Gasteiger partial charge in [-0.1, -0.05) is 25.0 Å². The molecule has 1 aliphatic carbocycles. The maximum atomic E-state index is 9.51. The Kier molecular flexibility index (Phi) is 4.26. The molecule has 0 radical (unpaired) electrons. The molecule has 0 spiro atoms.